The van der Waals surface area contributed by atoms with Gasteiger partial charge in [0.1, 0.15) is 5.75 Å². The van der Waals surface area contributed by atoms with Gasteiger partial charge >= 0.3 is 0 Å². The Morgan fingerprint density at radius 1 is 0.571 bits per heavy atom. The minimum Gasteiger partial charge on any atom is -0.507 e. The van der Waals surface area contributed by atoms with Crippen LogP contribution in [0, 0.1) is 0 Å². The third kappa shape index (κ3) is 3.60. The molecule has 1 N–H and O–H groups in total. The molecule has 1 heteroatoms. The molecule has 0 saturated carbocycles. The first-order chi connectivity index (χ1) is 13.8. The lowest BCUT2D eigenvalue weighted by atomic mass is 9.95. The van der Waals surface area contributed by atoms with Crippen LogP contribution in [0.5, 0.6) is 5.75 Å². The topological polar surface area (TPSA) is 20.2 Å². The van der Waals surface area contributed by atoms with Gasteiger partial charge in [-0.2, -0.15) is 0 Å². The van der Waals surface area contributed by atoms with Gasteiger partial charge in [0.15, 0.2) is 0 Å². The standard InChI is InChI=1S/C27H22O/c1-2-8-20-9-6-12-24(19-20)21-15-17-23(18-16-21)26-14-7-13-25(27(26)28)22-10-4-3-5-11-22/h2-19,28H,1H3/b8-2-. The summed E-state index contributed by atoms with van der Waals surface area (Å²) in [6.07, 6.45) is 4.15. The van der Waals surface area contributed by atoms with E-state index in [9.17, 15) is 5.11 Å². The third-order valence-corrected chi connectivity index (χ3v) is 4.90. The molecule has 4 aromatic rings. The number of allylic oxidation sites excluding steroid dienone is 1. The van der Waals surface area contributed by atoms with Gasteiger partial charge in [-0.25, -0.2) is 0 Å². The second-order valence-electron chi connectivity index (χ2n) is 6.77. The number of phenols is 1. The van der Waals surface area contributed by atoms with Crippen molar-refractivity contribution < 1.29 is 5.11 Å². The van der Waals surface area contributed by atoms with Crippen LogP contribution in [0.25, 0.3) is 39.5 Å². The van der Waals surface area contributed by atoms with Crippen LogP contribution in [0.2, 0.25) is 0 Å². The largest absolute Gasteiger partial charge is 0.507 e. The highest BCUT2D eigenvalue weighted by molar-refractivity contribution is 5.82. The van der Waals surface area contributed by atoms with Crippen molar-refractivity contribution in [1.29, 1.82) is 0 Å². The van der Waals surface area contributed by atoms with E-state index in [-0.39, 0.29) is 0 Å². The summed E-state index contributed by atoms with van der Waals surface area (Å²) in [6, 6.07) is 32.7. The van der Waals surface area contributed by atoms with E-state index in [2.05, 4.69) is 54.6 Å². The molecule has 0 bridgehead atoms. The van der Waals surface area contributed by atoms with Crippen molar-refractivity contribution in [2.75, 3.05) is 0 Å². The summed E-state index contributed by atoms with van der Waals surface area (Å²) < 4.78 is 0. The zero-order valence-corrected chi connectivity index (χ0v) is 15.8. The first-order valence-corrected chi connectivity index (χ1v) is 9.47. The molecule has 0 fully saturated rings. The Morgan fingerprint density at radius 3 is 1.82 bits per heavy atom. The molecule has 0 aromatic heterocycles. The lowest BCUT2D eigenvalue weighted by Crippen LogP contribution is -1.85. The van der Waals surface area contributed by atoms with Gasteiger partial charge in [-0.15, -0.1) is 0 Å². The highest BCUT2D eigenvalue weighted by Crippen LogP contribution is 2.38. The smallest absolute Gasteiger partial charge is 0.131 e. The van der Waals surface area contributed by atoms with Crippen LogP contribution in [0.4, 0.5) is 0 Å². The molecule has 0 radical (unpaired) electrons. The van der Waals surface area contributed by atoms with Crippen LogP contribution in [-0.2, 0) is 0 Å². The van der Waals surface area contributed by atoms with Crippen molar-refractivity contribution in [2.24, 2.45) is 0 Å². The molecule has 4 rings (SSSR count). The number of phenolic OH excluding ortho intramolecular Hbond substituents is 1. The van der Waals surface area contributed by atoms with Crippen LogP contribution in [-0.4, -0.2) is 5.11 Å². The van der Waals surface area contributed by atoms with Crippen LogP contribution in [0.3, 0.4) is 0 Å². The van der Waals surface area contributed by atoms with Gasteiger partial charge in [-0.1, -0.05) is 103 Å². The van der Waals surface area contributed by atoms with E-state index < -0.39 is 0 Å². The minimum absolute atomic E-state index is 0.316. The van der Waals surface area contributed by atoms with Crippen molar-refractivity contribution in [1.82, 2.24) is 0 Å². The summed E-state index contributed by atoms with van der Waals surface area (Å²) in [5.41, 5.74) is 7.25. The second kappa shape index (κ2) is 7.98. The molecule has 0 amide bonds. The summed E-state index contributed by atoms with van der Waals surface area (Å²) in [5, 5.41) is 10.9. The molecule has 0 aliphatic heterocycles. The fourth-order valence-corrected chi connectivity index (χ4v) is 3.48. The summed E-state index contributed by atoms with van der Waals surface area (Å²) >= 11 is 0. The Balaban J connectivity index is 1.69. The van der Waals surface area contributed by atoms with Gasteiger partial charge in [0, 0.05) is 11.1 Å². The van der Waals surface area contributed by atoms with Crippen LogP contribution >= 0.6 is 0 Å². The molecule has 0 saturated heterocycles. The maximum atomic E-state index is 10.9. The zero-order valence-electron chi connectivity index (χ0n) is 15.8. The van der Waals surface area contributed by atoms with E-state index in [1.54, 1.807) is 0 Å². The first-order valence-electron chi connectivity index (χ1n) is 9.47. The molecular formula is C27H22O. The molecule has 4 aromatic carbocycles. The van der Waals surface area contributed by atoms with Crippen molar-refractivity contribution in [2.45, 2.75) is 6.92 Å². The summed E-state index contributed by atoms with van der Waals surface area (Å²) in [7, 11) is 0. The normalized spacial score (nSPS) is 11.0. The number of hydrogen-bond acceptors (Lipinski definition) is 1. The number of rotatable bonds is 4. The third-order valence-electron chi connectivity index (χ3n) is 4.90. The van der Waals surface area contributed by atoms with E-state index in [0.29, 0.717) is 5.75 Å². The molecule has 0 aliphatic carbocycles. The molecule has 136 valence electrons. The quantitative estimate of drug-likeness (QED) is 0.400. The van der Waals surface area contributed by atoms with Crippen LogP contribution < -0.4 is 0 Å². The fourth-order valence-electron chi connectivity index (χ4n) is 3.48. The maximum absolute atomic E-state index is 10.9. The van der Waals surface area contributed by atoms with E-state index in [1.807, 2.05) is 61.5 Å². The lowest BCUT2D eigenvalue weighted by molar-refractivity contribution is 0.479. The SMILES string of the molecule is C/C=C\c1cccc(-c2ccc(-c3cccc(-c4ccccc4)c3O)cc2)c1. The predicted octanol–water partition coefficient (Wildman–Crippen LogP) is 7.43. The average Bonchev–Trinajstić information content (AvgIpc) is 2.75. The van der Waals surface area contributed by atoms with E-state index in [0.717, 1.165) is 27.8 Å². The second-order valence-corrected chi connectivity index (χ2v) is 6.77. The molecule has 1 nitrogen and oxygen atoms in total. The van der Waals surface area contributed by atoms with E-state index in [1.165, 1.54) is 11.1 Å². The summed E-state index contributed by atoms with van der Waals surface area (Å²) in [5.74, 6) is 0.316. The van der Waals surface area contributed by atoms with Gasteiger partial charge in [0.2, 0.25) is 0 Å². The van der Waals surface area contributed by atoms with E-state index in [4.69, 9.17) is 0 Å². The highest BCUT2D eigenvalue weighted by atomic mass is 16.3. The van der Waals surface area contributed by atoms with Crippen molar-refractivity contribution >= 4 is 6.08 Å². The first kappa shape index (κ1) is 17.8. The number of para-hydroxylation sites is 1. The molecule has 0 heterocycles. The van der Waals surface area contributed by atoms with Crippen molar-refractivity contribution in [3.63, 3.8) is 0 Å². The average molecular weight is 362 g/mol. The molecule has 0 aliphatic rings. The predicted molar refractivity (Wildman–Crippen MR) is 119 cm³/mol. The molecule has 0 atom stereocenters. The lowest BCUT2D eigenvalue weighted by Gasteiger charge is -2.11. The maximum Gasteiger partial charge on any atom is 0.131 e. The number of aromatic hydroxyl groups is 1. The van der Waals surface area contributed by atoms with E-state index >= 15 is 0 Å². The molecular weight excluding hydrogens is 340 g/mol. The number of hydrogen-bond donors (Lipinski definition) is 1. The Kier molecular flexibility index (Phi) is 5.07. The highest BCUT2D eigenvalue weighted by Gasteiger charge is 2.10. The van der Waals surface area contributed by atoms with Gasteiger partial charge in [0.05, 0.1) is 0 Å². The van der Waals surface area contributed by atoms with Crippen LogP contribution in [0.1, 0.15) is 12.5 Å². The molecule has 0 spiro atoms. The van der Waals surface area contributed by atoms with Gasteiger partial charge < -0.3 is 5.11 Å². The minimum atomic E-state index is 0.316. The van der Waals surface area contributed by atoms with Crippen LogP contribution in [0.15, 0.2) is 103 Å². The molecule has 28 heavy (non-hydrogen) atoms. The summed E-state index contributed by atoms with van der Waals surface area (Å²) in [4.78, 5) is 0. The summed E-state index contributed by atoms with van der Waals surface area (Å²) in [6.45, 7) is 2.03. The zero-order chi connectivity index (χ0) is 19.3. The Morgan fingerprint density at radius 2 is 1.14 bits per heavy atom. The van der Waals surface area contributed by atoms with Gasteiger partial charge in [-0.3, -0.25) is 0 Å². The van der Waals surface area contributed by atoms with Crippen molar-refractivity contribution in [3.05, 3.63) is 109 Å². The number of benzene rings is 4. The Bertz CT molecular complexity index is 1110. The van der Waals surface area contributed by atoms with Crippen molar-refractivity contribution in [3.8, 4) is 39.1 Å². The van der Waals surface area contributed by atoms with Gasteiger partial charge in [-0.05, 0) is 40.8 Å². The van der Waals surface area contributed by atoms with Gasteiger partial charge in [0.25, 0.3) is 0 Å². The fraction of sp³-hybridized carbons (Fsp3) is 0.0370. The Hall–Kier alpha value is -3.58. The molecule has 0 unspecified atom stereocenters. The monoisotopic (exact) mass is 362 g/mol. The Labute approximate surface area is 166 Å².